The van der Waals surface area contributed by atoms with Crippen molar-refractivity contribution in [1.29, 1.82) is 0 Å². The first-order valence-electron chi connectivity index (χ1n) is 6.05. The van der Waals surface area contributed by atoms with E-state index in [2.05, 4.69) is 12.2 Å². The fourth-order valence-corrected chi connectivity index (χ4v) is 2.65. The molecule has 0 N–H and O–H groups in total. The molecule has 1 fully saturated rings. The summed E-state index contributed by atoms with van der Waals surface area (Å²) in [7, 11) is 3.29. The van der Waals surface area contributed by atoms with Gasteiger partial charge in [-0.15, -0.1) is 0 Å². The van der Waals surface area contributed by atoms with Gasteiger partial charge in [-0.1, -0.05) is 23.8 Å². The largest absolute Gasteiger partial charge is 0.493 e. The summed E-state index contributed by atoms with van der Waals surface area (Å²) in [6.45, 7) is 0. The Bertz CT molecular complexity index is 631. The molecule has 0 spiro atoms. The molecule has 1 saturated carbocycles. The molecule has 0 aliphatic heterocycles. The van der Waals surface area contributed by atoms with E-state index in [9.17, 15) is 0 Å². The Morgan fingerprint density at radius 2 is 1.83 bits per heavy atom. The van der Waals surface area contributed by atoms with E-state index in [4.69, 9.17) is 21.1 Å². The van der Waals surface area contributed by atoms with Crippen LogP contribution in [-0.2, 0) is 0 Å². The molecular weight excluding hydrogens is 248 g/mol. The summed E-state index contributed by atoms with van der Waals surface area (Å²) >= 11 is 6.35. The summed E-state index contributed by atoms with van der Waals surface area (Å²) in [5.74, 6) is 2.76. The van der Waals surface area contributed by atoms with E-state index in [1.165, 1.54) is 6.42 Å². The minimum absolute atomic E-state index is 0.642. The monoisotopic (exact) mass is 262 g/mol. The summed E-state index contributed by atoms with van der Waals surface area (Å²) in [6, 6.07) is 3.95. The third kappa shape index (κ3) is 1.91. The van der Waals surface area contributed by atoms with Crippen LogP contribution in [0.25, 0.3) is 11.1 Å². The van der Waals surface area contributed by atoms with Gasteiger partial charge in [-0.05, 0) is 41.7 Å². The lowest BCUT2D eigenvalue weighted by atomic mass is 10.1. The molecule has 0 radical (unpaired) electrons. The number of halogens is 1. The number of ether oxygens (including phenoxy) is 2. The van der Waals surface area contributed by atoms with Crippen molar-refractivity contribution in [2.24, 2.45) is 11.8 Å². The lowest BCUT2D eigenvalue weighted by Gasteiger charge is -2.08. The predicted molar refractivity (Wildman–Crippen MR) is 73.3 cm³/mol. The second kappa shape index (κ2) is 4.36. The molecule has 94 valence electrons. The maximum Gasteiger partial charge on any atom is 0.161 e. The molecule has 0 aromatic heterocycles. The van der Waals surface area contributed by atoms with Gasteiger partial charge in [0.1, 0.15) is 0 Å². The third-order valence-corrected chi connectivity index (χ3v) is 3.92. The van der Waals surface area contributed by atoms with Crippen LogP contribution in [0.1, 0.15) is 6.42 Å². The van der Waals surface area contributed by atoms with Crippen molar-refractivity contribution in [3.05, 3.63) is 34.7 Å². The Balaban J connectivity index is 2.31. The van der Waals surface area contributed by atoms with E-state index in [0.717, 1.165) is 21.2 Å². The van der Waals surface area contributed by atoms with Crippen LogP contribution < -0.4 is 19.9 Å². The van der Waals surface area contributed by atoms with Crippen LogP contribution in [0, 0.1) is 11.8 Å². The van der Waals surface area contributed by atoms with E-state index in [1.807, 2.05) is 18.2 Å². The van der Waals surface area contributed by atoms with Gasteiger partial charge in [0.15, 0.2) is 11.5 Å². The van der Waals surface area contributed by atoms with Gasteiger partial charge in [0, 0.05) is 10.3 Å². The quantitative estimate of drug-likeness (QED) is 0.812. The number of rotatable bonds is 2. The van der Waals surface area contributed by atoms with Crippen molar-refractivity contribution in [2.45, 2.75) is 6.42 Å². The zero-order valence-electron chi connectivity index (χ0n) is 10.4. The first kappa shape index (κ1) is 11.7. The van der Waals surface area contributed by atoms with E-state index in [-0.39, 0.29) is 0 Å². The lowest BCUT2D eigenvalue weighted by Crippen LogP contribution is -2.27. The van der Waals surface area contributed by atoms with E-state index < -0.39 is 0 Å². The van der Waals surface area contributed by atoms with E-state index >= 15 is 0 Å². The average molecular weight is 263 g/mol. The summed E-state index contributed by atoms with van der Waals surface area (Å²) in [5, 5.41) is 2.90. The summed E-state index contributed by atoms with van der Waals surface area (Å²) in [6.07, 6.45) is 7.70. The van der Waals surface area contributed by atoms with Crippen LogP contribution in [0.2, 0.25) is 0 Å². The maximum atomic E-state index is 6.35. The van der Waals surface area contributed by atoms with Crippen LogP contribution in [0.5, 0.6) is 11.5 Å². The molecule has 3 rings (SSSR count). The van der Waals surface area contributed by atoms with Crippen molar-refractivity contribution in [1.82, 2.24) is 0 Å². The number of hydrogen-bond acceptors (Lipinski definition) is 2. The SMILES string of the molecule is COc1cc2/c(cc1OC)=C(Cl)\C=C/C1CC1\C=2. The molecule has 2 aliphatic carbocycles. The Morgan fingerprint density at radius 1 is 1.11 bits per heavy atom. The average Bonchev–Trinajstić information content (AvgIpc) is 3.11. The fourth-order valence-electron chi connectivity index (χ4n) is 2.42. The Labute approximate surface area is 111 Å². The van der Waals surface area contributed by atoms with E-state index in [1.54, 1.807) is 14.2 Å². The minimum atomic E-state index is 0.642. The van der Waals surface area contributed by atoms with Crippen LogP contribution in [-0.4, -0.2) is 14.2 Å². The first-order valence-corrected chi connectivity index (χ1v) is 6.42. The van der Waals surface area contributed by atoms with Crippen molar-refractivity contribution in [3.63, 3.8) is 0 Å². The van der Waals surface area contributed by atoms with Crippen LogP contribution in [0.3, 0.4) is 0 Å². The molecule has 0 heterocycles. The molecule has 1 aromatic rings. The van der Waals surface area contributed by atoms with Gasteiger partial charge < -0.3 is 9.47 Å². The van der Waals surface area contributed by atoms with Gasteiger partial charge in [0.2, 0.25) is 0 Å². The molecule has 0 amide bonds. The summed E-state index contributed by atoms with van der Waals surface area (Å²) in [5.41, 5.74) is 0. The smallest absolute Gasteiger partial charge is 0.161 e. The van der Waals surface area contributed by atoms with Crippen molar-refractivity contribution >= 4 is 22.7 Å². The van der Waals surface area contributed by atoms with Crippen LogP contribution in [0.4, 0.5) is 0 Å². The zero-order chi connectivity index (χ0) is 12.7. The third-order valence-electron chi connectivity index (χ3n) is 3.59. The van der Waals surface area contributed by atoms with Crippen LogP contribution in [0.15, 0.2) is 24.3 Å². The standard InChI is InChI=1S/C15H15ClO2/c1-17-14-7-11-6-10-5-9(10)3-4-13(16)12(11)8-15(14)18-2/h3-4,6-10H,5H2,1-2H3/b4-3-,11-6-,13-12+. The molecule has 18 heavy (non-hydrogen) atoms. The normalized spacial score (nSPS) is 30.9. The second-order valence-corrected chi connectivity index (χ2v) is 5.14. The van der Waals surface area contributed by atoms with Gasteiger partial charge in [-0.3, -0.25) is 0 Å². The molecule has 2 nitrogen and oxygen atoms in total. The van der Waals surface area contributed by atoms with Crippen molar-refractivity contribution < 1.29 is 9.47 Å². The zero-order valence-corrected chi connectivity index (χ0v) is 11.2. The van der Waals surface area contributed by atoms with Gasteiger partial charge in [0.25, 0.3) is 0 Å². The lowest BCUT2D eigenvalue weighted by molar-refractivity contribution is 0.354. The van der Waals surface area contributed by atoms with Gasteiger partial charge in [0.05, 0.1) is 14.2 Å². The maximum absolute atomic E-state index is 6.35. The molecule has 2 unspecified atom stereocenters. The number of allylic oxidation sites excluding steroid dienone is 2. The van der Waals surface area contributed by atoms with Gasteiger partial charge in [-0.25, -0.2) is 0 Å². The molecule has 3 heteroatoms. The van der Waals surface area contributed by atoms with Crippen LogP contribution >= 0.6 is 11.6 Å². The molecule has 2 aliphatic rings. The van der Waals surface area contributed by atoms with Crippen molar-refractivity contribution in [2.75, 3.05) is 14.2 Å². The van der Waals surface area contributed by atoms with Gasteiger partial charge in [-0.2, -0.15) is 0 Å². The highest BCUT2D eigenvalue weighted by atomic mass is 35.5. The fraction of sp³-hybridized carbons (Fsp3) is 0.333. The summed E-state index contributed by atoms with van der Waals surface area (Å²) < 4.78 is 10.7. The first-order chi connectivity index (χ1) is 8.72. The van der Waals surface area contributed by atoms with Gasteiger partial charge >= 0.3 is 0 Å². The molecule has 1 aromatic carbocycles. The Hall–Kier alpha value is -1.41. The Kier molecular flexibility index (Phi) is 2.83. The summed E-state index contributed by atoms with van der Waals surface area (Å²) in [4.78, 5) is 0. The predicted octanol–water partition coefficient (Wildman–Crippen LogP) is 2.04. The number of benzene rings is 1. The second-order valence-electron chi connectivity index (χ2n) is 4.73. The van der Waals surface area contributed by atoms with Crippen molar-refractivity contribution in [3.8, 4) is 11.5 Å². The number of methoxy groups -OCH3 is 2. The highest BCUT2D eigenvalue weighted by molar-refractivity contribution is 6.47. The topological polar surface area (TPSA) is 18.5 Å². The van der Waals surface area contributed by atoms with E-state index in [0.29, 0.717) is 17.6 Å². The molecule has 0 saturated heterocycles. The number of fused-ring (bicyclic) bond motifs is 2. The Morgan fingerprint density at radius 3 is 2.56 bits per heavy atom. The highest BCUT2D eigenvalue weighted by Gasteiger charge is 2.33. The highest BCUT2D eigenvalue weighted by Crippen LogP contribution is 2.41. The molecule has 0 bridgehead atoms. The molecule has 2 atom stereocenters. The number of hydrogen-bond donors (Lipinski definition) is 0. The molecular formula is C15H15ClO2. The minimum Gasteiger partial charge on any atom is -0.493 e.